The number of benzene rings is 1. The molecule has 0 heterocycles. The van der Waals surface area contributed by atoms with Crippen LogP contribution in [0.25, 0.3) is 0 Å². The molecule has 18 heavy (non-hydrogen) atoms. The fourth-order valence-electron chi connectivity index (χ4n) is 1.71. The SMILES string of the molecule is O=C(NC1CCC1)c1cc(I)cc(C(F)(F)F)c1. The first-order chi connectivity index (χ1) is 8.36. The van der Waals surface area contributed by atoms with Gasteiger partial charge in [0, 0.05) is 15.2 Å². The van der Waals surface area contributed by atoms with Crippen LogP contribution in [0.5, 0.6) is 0 Å². The van der Waals surface area contributed by atoms with E-state index in [0.29, 0.717) is 3.57 Å². The molecule has 1 aliphatic carbocycles. The molecule has 0 atom stereocenters. The monoisotopic (exact) mass is 369 g/mol. The summed E-state index contributed by atoms with van der Waals surface area (Å²) in [5.41, 5.74) is -0.714. The van der Waals surface area contributed by atoms with Crippen molar-refractivity contribution < 1.29 is 18.0 Å². The van der Waals surface area contributed by atoms with Gasteiger partial charge in [-0.1, -0.05) is 0 Å². The third-order valence-electron chi connectivity index (χ3n) is 2.93. The summed E-state index contributed by atoms with van der Waals surface area (Å²) in [7, 11) is 0. The van der Waals surface area contributed by atoms with Gasteiger partial charge >= 0.3 is 6.18 Å². The van der Waals surface area contributed by atoms with Crippen molar-refractivity contribution in [2.75, 3.05) is 0 Å². The van der Waals surface area contributed by atoms with Gasteiger partial charge in [-0.15, -0.1) is 0 Å². The molecule has 98 valence electrons. The van der Waals surface area contributed by atoms with Gasteiger partial charge in [-0.25, -0.2) is 0 Å². The van der Waals surface area contributed by atoms with Crippen LogP contribution in [-0.2, 0) is 6.18 Å². The molecular formula is C12H11F3INO. The Balaban J connectivity index is 2.21. The molecule has 0 saturated heterocycles. The van der Waals surface area contributed by atoms with Gasteiger partial charge < -0.3 is 5.32 Å². The van der Waals surface area contributed by atoms with Crippen LogP contribution < -0.4 is 5.32 Å². The summed E-state index contributed by atoms with van der Waals surface area (Å²) in [5.74, 6) is -0.427. The molecule has 1 N–H and O–H groups in total. The lowest BCUT2D eigenvalue weighted by Gasteiger charge is -2.26. The predicted octanol–water partition coefficient (Wildman–Crippen LogP) is 3.59. The maximum absolute atomic E-state index is 12.6. The minimum atomic E-state index is -4.42. The molecular weight excluding hydrogens is 358 g/mol. The molecule has 0 unspecified atom stereocenters. The van der Waals surface area contributed by atoms with Crippen LogP contribution in [0.2, 0.25) is 0 Å². The van der Waals surface area contributed by atoms with E-state index in [1.165, 1.54) is 6.07 Å². The van der Waals surface area contributed by atoms with Crippen molar-refractivity contribution in [3.05, 3.63) is 32.9 Å². The third-order valence-corrected chi connectivity index (χ3v) is 3.55. The van der Waals surface area contributed by atoms with E-state index >= 15 is 0 Å². The Labute approximate surface area is 116 Å². The molecule has 1 aromatic carbocycles. The van der Waals surface area contributed by atoms with Gasteiger partial charge in [0.05, 0.1) is 5.56 Å². The van der Waals surface area contributed by atoms with Crippen LogP contribution in [0.15, 0.2) is 18.2 Å². The van der Waals surface area contributed by atoms with Crippen molar-refractivity contribution in [1.82, 2.24) is 5.32 Å². The summed E-state index contributed by atoms with van der Waals surface area (Å²) in [4.78, 5) is 11.8. The number of carbonyl (C=O) groups is 1. The van der Waals surface area contributed by atoms with E-state index in [2.05, 4.69) is 5.32 Å². The van der Waals surface area contributed by atoms with Crippen LogP contribution in [0.1, 0.15) is 35.2 Å². The van der Waals surface area contributed by atoms with E-state index in [0.717, 1.165) is 31.4 Å². The van der Waals surface area contributed by atoms with E-state index in [9.17, 15) is 18.0 Å². The van der Waals surface area contributed by atoms with Gasteiger partial charge in [-0.2, -0.15) is 13.2 Å². The van der Waals surface area contributed by atoms with Gasteiger partial charge in [0.2, 0.25) is 0 Å². The molecule has 6 heteroatoms. The van der Waals surface area contributed by atoms with E-state index in [4.69, 9.17) is 0 Å². The first kappa shape index (κ1) is 13.6. The first-order valence-electron chi connectivity index (χ1n) is 5.55. The average molecular weight is 369 g/mol. The number of hydrogen-bond donors (Lipinski definition) is 1. The average Bonchev–Trinajstić information content (AvgIpc) is 2.21. The standard InChI is InChI=1S/C12H11F3INO/c13-12(14,15)8-4-7(5-9(16)6-8)11(18)17-10-2-1-3-10/h4-6,10H,1-3H2,(H,17,18). The predicted molar refractivity (Wildman–Crippen MR) is 69.3 cm³/mol. The maximum atomic E-state index is 12.6. The van der Waals surface area contributed by atoms with Gasteiger partial charge in [0.15, 0.2) is 0 Å². The molecule has 1 aromatic rings. The lowest BCUT2D eigenvalue weighted by atomic mass is 9.93. The third kappa shape index (κ3) is 3.15. The molecule has 1 aliphatic rings. The maximum Gasteiger partial charge on any atom is 0.416 e. The van der Waals surface area contributed by atoms with Crippen molar-refractivity contribution in [2.45, 2.75) is 31.5 Å². The summed E-state index contributed by atoms with van der Waals surface area (Å²) in [6.45, 7) is 0. The molecule has 1 saturated carbocycles. The molecule has 0 aromatic heterocycles. The topological polar surface area (TPSA) is 29.1 Å². The number of hydrogen-bond acceptors (Lipinski definition) is 1. The molecule has 0 spiro atoms. The highest BCUT2D eigenvalue weighted by Gasteiger charge is 2.32. The van der Waals surface area contributed by atoms with Gasteiger partial charge in [0.25, 0.3) is 5.91 Å². The Morgan fingerprint density at radius 2 is 1.94 bits per heavy atom. The van der Waals surface area contributed by atoms with Crippen molar-refractivity contribution >= 4 is 28.5 Å². The van der Waals surface area contributed by atoms with Gasteiger partial charge in [0.1, 0.15) is 0 Å². The lowest BCUT2D eigenvalue weighted by Crippen LogP contribution is -2.39. The first-order valence-corrected chi connectivity index (χ1v) is 6.63. The van der Waals surface area contributed by atoms with Crippen LogP contribution in [0.3, 0.4) is 0 Å². The fraction of sp³-hybridized carbons (Fsp3) is 0.417. The van der Waals surface area contributed by atoms with Gasteiger partial charge in [-0.3, -0.25) is 4.79 Å². The van der Waals surface area contributed by atoms with E-state index in [1.54, 1.807) is 22.6 Å². The lowest BCUT2D eigenvalue weighted by molar-refractivity contribution is -0.137. The summed E-state index contributed by atoms with van der Waals surface area (Å²) >= 11 is 1.78. The van der Waals surface area contributed by atoms with Crippen molar-refractivity contribution in [3.63, 3.8) is 0 Å². The van der Waals surface area contributed by atoms with Crippen LogP contribution in [0, 0.1) is 3.57 Å². The fourth-order valence-corrected chi connectivity index (χ4v) is 2.38. The normalized spacial score (nSPS) is 16.2. The second-order valence-electron chi connectivity index (χ2n) is 4.33. The van der Waals surface area contributed by atoms with Crippen molar-refractivity contribution in [3.8, 4) is 0 Å². The molecule has 0 radical (unpaired) electrons. The van der Waals surface area contributed by atoms with Crippen molar-refractivity contribution in [1.29, 1.82) is 0 Å². The molecule has 2 nitrogen and oxygen atoms in total. The number of alkyl halides is 3. The summed E-state index contributed by atoms with van der Waals surface area (Å²) in [6.07, 6.45) is -1.55. The Morgan fingerprint density at radius 1 is 1.28 bits per heavy atom. The Hall–Kier alpha value is -0.790. The minimum Gasteiger partial charge on any atom is -0.349 e. The number of nitrogens with one attached hydrogen (secondary N) is 1. The summed E-state index contributed by atoms with van der Waals surface area (Å²) in [6, 6.07) is 3.50. The number of rotatable bonds is 2. The van der Waals surface area contributed by atoms with Crippen LogP contribution in [-0.4, -0.2) is 11.9 Å². The Kier molecular flexibility index (Phi) is 3.84. The van der Waals surface area contributed by atoms with E-state index in [-0.39, 0.29) is 11.6 Å². The zero-order valence-corrected chi connectivity index (χ0v) is 11.5. The van der Waals surface area contributed by atoms with Gasteiger partial charge in [-0.05, 0) is 60.1 Å². The highest BCUT2D eigenvalue weighted by Crippen LogP contribution is 2.31. The highest BCUT2D eigenvalue weighted by molar-refractivity contribution is 14.1. The molecule has 2 rings (SSSR count). The smallest absolute Gasteiger partial charge is 0.349 e. The number of carbonyl (C=O) groups excluding carboxylic acids is 1. The highest BCUT2D eigenvalue weighted by atomic mass is 127. The number of amides is 1. The molecule has 0 aliphatic heterocycles. The molecule has 1 amide bonds. The largest absolute Gasteiger partial charge is 0.416 e. The zero-order valence-electron chi connectivity index (χ0n) is 9.35. The van der Waals surface area contributed by atoms with E-state index < -0.39 is 17.6 Å². The summed E-state index contributed by atoms with van der Waals surface area (Å²) < 4.78 is 38.3. The number of halogens is 4. The summed E-state index contributed by atoms with van der Waals surface area (Å²) in [5, 5.41) is 2.73. The van der Waals surface area contributed by atoms with Crippen LogP contribution >= 0.6 is 22.6 Å². The molecule has 1 fully saturated rings. The molecule has 0 bridgehead atoms. The van der Waals surface area contributed by atoms with Crippen molar-refractivity contribution in [2.24, 2.45) is 0 Å². The second-order valence-corrected chi connectivity index (χ2v) is 5.57. The Morgan fingerprint density at radius 3 is 2.44 bits per heavy atom. The van der Waals surface area contributed by atoms with E-state index in [1.807, 2.05) is 0 Å². The van der Waals surface area contributed by atoms with Crippen LogP contribution in [0.4, 0.5) is 13.2 Å². The minimum absolute atomic E-state index is 0.0705. The Bertz CT molecular complexity index is 469. The quantitative estimate of drug-likeness (QED) is 0.794. The zero-order chi connectivity index (χ0) is 13.3. The second kappa shape index (κ2) is 5.07.